The number of pyridine rings is 1. The zero-order valence-electron chi connectivity index (χ0n) is 23.6. The lowest BCUT2D eigenvalue weighted by molar-refractivity contribution is -0.130. The first-order valence-corrected chi connectivity index (χ1v) is 15.5. The molecule has 10 nitrogen and oxygen atoms in total. The van der Waals surface area contributed by atoms with Crippen molar-refractivity contribution in [3.63, 3.8) is 0 Å². The lowest BCUT2D eigenvalue weighted by atomic mass is 9.92. The maximum Gasteiger partial charge on any atom is 0.256 e. The number of piperidine rings is 1. The molecule has 0 bridgehead atoms. The second-order valence-electron chi connectivity index (χ2n) is 12.2. The van der Waals surface area contributed by atoms with Gasteiger partial charge in [-0.05, 0) is 86.8 Å². The van der Waals surface area contributed by atoms with Gasteiger partial charge in [-0.25, -0.2) is 15.0 Å². The Morgan fingerprint density at radius 2 is 1.86 bits per heavy atom. The van der Waals surface area contributed by atoms with Gasteiger partial charge in [0.1, 0.15) is 39.6 Å². The van der Waals surface area contributed by atoms with Crippen molar-refractivity contribution in [1.29, 1.82) is 0 Å². The normalized spacial score (nSPS) is 21.7. The highest BCUT2D eigenvalue weighted by Gasteiger charge is 2.39. The lowest BCUT2D eigenvalue weighted by Crippen LogP contribution is -2.41. The van der Waals surface area contributed by atoms with Gasteiger partial charge < -0.3 is 20.7 Å². The number of nitrogens with one attached hydrogen (secondary N) is 1. The number of anilines is 2. The molecule has 220 valence electrons. The van der Waals surface area contributed by atoms with Gasteiger partial charge in [-0.2, -0.15) is 0 Å². The van der Waals surface area contributed by atoms with Crippen molar-refractivity contribution in [1.82, 2.24) is 24.3 Å². The number of amides is 2. The number of carbonyl (C=O) groups is 2. The van der Waals surface area contributed by atoms with Crippen LogP contribution in [0.2, 0.25) is 5.15 Å². The summed E-state index contributed by atoms with van der Waals surface area (Å²) < 4.78 is 8.23. The number of nitrogens with zero attached hydrogens (tertiary/aromatic N) is 5. The van der Waals surface area contributed by atoms with Crippen LogP contribution in [0.1, 0.15) is 84.9 Å². The van der Waals surface area contributed by atoms with E-state index in [1.165, 1.54) is 24.6 Å². The maximum absolute atomic E-state index is 13.3. The molecule has 4 aliphatic rings. The van der Waals surface area contributed by atoms with E-state index in [2.05, 4.69) is 15.3 Å². The minimum atomic E-state index is -0.265. The Bertz CT molecular complexity index is 1780. The average molecular weight is 598 g/mol. The third kappa shape index (κ3) is 4.87. The molecule has 2 aliphatic carbocycles. The molecule has 2 saturated carbocycles. The molecule has 3 aromatic heterocycles. The molecule has 1 aromatic carbocycles. The lowest BCUT2D eigenvalue weighted by Gasteiger charge is -2.34. The standard InChI is InChI=1S/C32H32ClN7O3/c33-25-15-36-30(34)29-28(38-31(40(25)29)20-3-5-21-6-10-27(41)39(21)16-20)23-9-4-19(13-24(23)43-22-7-8-22)32(42)37-26-14-18(11-12-35-26)17-1-2-17/h4,9,11-15,17,20-22H,1-3,5-8,10,16H2,(H2,34,36)(H,35,37,42). The molecule has 0 spiro atoms. The van der Waals surface area contributed by atoms with Crippen LogP contribution < -0.4 is 15.8 Å². The molecule has 5 heterocycles. The highest BCUT2D eigenvalue weighted by molar-refractivity contribution is 6.30. The first-order chi connectivity index (χ1) is 20.9. The van der Waals surface area contributed by atoms with Gasteiger partial charge in [0.2, 0.25) is 5.91 Å². The summed E-state index contributed by atoms with van der Waals surface area (Å²) in [5.41, 5.74) is 10.0. The first kappa shape index (κ1) is 26.4. The fourth-order valence-corrected chi connectivity index (χ4v) is 6.79. The summed E-state index contributed by atoms with van der Waals surface area (Å²) in [6.07, 6.45) is 10.9. The van der Waals surface area contributed by atoms with Crippen LogP contribution in [0.4, 0.5) is 11.6 Å². The third-order valence-corrected chi connectivity index (χ3v) is 9.41. The molecule has 2 unspecified atom stereocenters. The maximum atomic E-state index is 13.3. The third-order valence-electron chi connectivity index (χ3n) is 9.14. The SMILES string of the molecule is Nc1ncc(Cl)n2c(C3CCC4CCC(=O)N4C3)nc(-c3ccc(C(=O)Nc4cc(C5CC5)ccn4)cc3OC3CC3)c12. The fourth-order valence-electron chi connectivity index (χ4n) is 6.57. The fraction of sp³-hybridized carbons (Fsp3) is 0.406. The van der Waals surface area contributed by atoms with Gasteiger partial charge in [-0.1, -0.05) is 11.6 Å². The molecule has 3 N–H and O–H groups in total. The van der Waals surface area contributed by atoms with Crippen molar-refractivity contribution < 1.29 is 14.3 Å². The molecule has 4 fully saturated rings. The zero-order valence-corrected chi connectivity index (χ0v) is 24.4. The summed E-state index contributed by atoms with van der Waals surface area (Å²) in [6.45, 7) is 0.598. The Labute approximate surface area is 253 Å². The van der Waals surface area contributed by atoms with Crippen molar-refractivity contribution in [2.45, 2.75) is 75.3 Å². The van der Waals surface area contributed by atoms with Gasteiger partial charge in [0.05, 0.1) is 12.3 Å². The number of nitrogens with two attached hydrogens (primary N) is 1. The van der Waals surface area contributed by atoms with Gasteiger partial charge in [-0.15, -0.1) is 0 Å². The van der Waals surface area contributed by atoms with Gasteiger partial charge in [-0.3, -0.25) is 14.0 Å². The van der Waals surface area contributed by atoms with Gasteiger partial charge in [0, 0.05) is 42.2 Å². The van der Waals surface area contributed by atoms with Crippen LogP contribution in [0, 0.1) is 0 Å². The number of fused-ring (bicyclic) bond motifs is 2. The summed E-state index contributed by atoms with van der Waals surface area (Å²) in [5, 5.41) is 3.34. The van der Waals surface area contributed by atoms with Crippen LogP contribution in [0.15, 0.2) is 42.7 Å². The number of benzene rings is 1. The molecule has 2 aliphatic heterocycles. The van der Waals surface area contributed by atoms with Crippen molar-refractivity contribution in [2.24, 2.45) is 0 Å². The van der Waals surface area contributed by atoms with Crippen LogP contribution in [-0.4, -0.2) is 54.8 Å². The van der Waals surface area contributed by atoms with Gasteiger partial charge in [0.15, 0.2) is 0 Å². The van der Waals surface area contributed by atoms with E-state index < -0.39 is 0 Å². The molecule has 2 saturated heterocycles. The number of hydrogen-bond donors (Lipinski definition) is 2. The largest absolute Gasteiger partial charge is 0.490 e. The topological polar surface area (TPSA) is 128 Å². The molecular formula is C32H32ClN7O3. The second-order valence-corrected chi connectivity index (χ2v) is 12.6. The van der Waals surface area contributed by atoms with Crippen LogP contribution >= 0.6 is 11.6 Å². The monoisotopic (exact) mass is 597 g/mol. The van der Waals surface area contributed by atoms with E-state index in [4.69, 9.17) is 27.1 Å². The Hall–Kier alpha value is -4.18. The zero-order chi connectivity index (χ0) is 29.2. The van der Waals surface area contributed by atoms with Crippen molar-refractivity contribution in [3.05, 3.63) is 64.8 Å². The number of halogens is 1. The Morgan fingerprint density at radius 3 is 2.67 bits per heavy atom. The second kappa shape index (κ2) is 10.2. The predicted octanol–water partition coefficient (Wildman–Crippen LogP) is 5.57. The minimum absolute atomic E-state index is 0.00407. The number of imidazole rings is 1. The summed E-state index contributed by atoms with van der Waals surface area (Å²) in [7, 11) is 0. The summed E-state index contributed by atoms with van der Waals surface area (Å²) in [5.74, 6) is 2.63. The molecule has 4 aromatic rings. The van der Waals surface area contributed by atoms with E-state index in [1.807, 2.05) is 27.5 Å². The molecule has 8 rings (SSSR count). The quantitative estimate of drug-likeness (QED) is 0.285. The molecule has 2 atom stereocenters. The van der Waals surface area contributed by atoms with Gasteiger partial charge >= 0.3 is 0 Å². The Morgan fingerprint density at radius 1 is 1.02 bits per heavy atom. The van der Waals surface area contributed by atoms with Crippen LogP contribution in [0.25, 0.3) is 16.8 Å². The summed E-state index contributed by atoms with van der Waals surface area (Å²) in [4.78, 5) is 41.8. The van der Waals surface area contributed by atoms with Crippen molar-refractivity contribution in [3.8, 4) is 17.0 Å². The highest BCUT2D eigenvalue weighted by atomic mass is 35.5. The number of hydrogen-bond acceptors (Lipinski definition) is 7. The molecule has 43 heavy (non-hydrogen) atoms. The minimum Gasteiger partial charge on any atom is -0.490 e. The first-order valence-electron chi connectivity index (χ1n) is 15.1. The predicted molar refractivity (Wildman–Crippen MR) is 162 cm³/mol. The number of nitrogen functional groups attached to an aromatic ring is 1. The number of carbonyl (C=O) groups excluding carboxylic acids is 2. The van der Waals surface area contributed by atoms with Crippen LogP contribution in [0.5, 0.6) is 5.75 Å². The number of aromatic nitrogens is 4. The summed E-state index contributed by atoms with van der Waals surface area (Å²) >= 11 is 6.74. The smallest absolute Gasteiger partial charge is 0.256 e. The van der Waals surface area contributed by atoms with E-state index in [0.29, 0.717) is 69.8 Å². The Kier molecular flexibility index (Phi) is 6.29. The molecule has 2 amide bonds. The van der Waals surface area contributed by atoms with Gasteiger partial charge in [0.25, 0.3) is 5.91 Å². The highest BCUT2D eigenvalue weighted by Crippen LogP contribution is 2.43. The van der Waals surface area contributed by atoms with Crippen LogP contribution in [0.3, 0.4) is 0 Å². The molecule has 0 radical (unpaired) electrons. The average Bonchev–Trinajstić information content (AvgIpc) is 3.95. The Balaban J connectivity index is 1.18. The van der Waals surface area contributed by atoms with Crippen molar-refractivity contribution >= 4 is 40.6 Å². The van der Waals surface area contributed by atoms with E-state index in [-0.39, 0.29) is 23.8 Å². The van der Waals surface area contributed by atoms with E-state index >= 15 is 0 Å². The number of ether oxygens (including phenoxy) is 1. The van der Waals surface area contributed by atoms with E-state index in [9.17, 15) is 9.59 Å². The number of rotatable bonds is 7. The molecule has 11 heteroatoms. The van der Waals surface area contributed by atoms with Crippen LogP contribution in [-0.2, 0) is 4.79 Å². The van der Waals surface area contributed by atoms with E-state index in [0.717, 1.165) is 37.9 Å². The van der Waals surface area contributed by atoms with Crippen molar-refractivity contribution in [2.75, 3.05) is 17.6 Å². The van der Waals surface area contributed by atoms with E-state index in [1.54, 1.807) is 18.3 Å². The summed E-state index contributed by atoms with van der Waals surface area (Å²) in [6, 6.07) is 9.65. The molecular weight excluding hydrogens is 566 g/mol.